The van der Waals surface area contributed by atoms with Crippen LogP contribution >= 0.6 is 0 Å². The second kappa shape index (κ2) is 7.35. The van der Waals surface area contributed by atoms with Gasteiger partial charge in [-0.3, -0.25) is 9.58 Å². The molecule has 4 heterocycles. The van der Waals surface area contributed by atoms with E-state index in [1.54, 1.807) is 0 Å². The van der Waals surface area contributed by atoms with Crippen LogP contribution in [0.5, 0.6) is 0 Å². The highest BCUT2D eigenvalue weighted by atomic mass is 16.6. The van der Waals surface area contributed by atoms with Crippen LogP contribution < -0.4 is 4.90 Å². The Bertz CT molecular complexity index is 915. The molecule has 5 fully saturated rings. The van der Waals surface area contributed by atoms with Crippen molar-refractivity contribution in [2.75, 3.05) is 50.8 Å². The number of aryl methyl sites for hydroxylation is 1. The van der Waals surface area contributed by atoms with Crippen LogP contribution in [0, 0.1) is 12.3 Å². The van der Waals surface area contributed by atoms with Gasteiger partial charge in [0.15, 0.2) is 5.82 Å². The first-order chi connectivity index (χ1) is 15.7. The van der Waals surface area contributed by atoms with Gasteiger partial charge in [0.2, 0.25) is 0 Å². The van der Waals surface area contributed by atoms with Crippen molar-refractivity contribution in [1.82, 2.24) is 19.6 Å². The number of likely N-dealkylation sites (tertiary alicyclic amines) is 1. The van der Waals surface area contributed by atoms with Crippen molar-refractivity contribution in [3.8, 4) is 0 Å². The summed E-state index contributed by atoms with van der Waals surface area (Å²) in [6.07, 6.45) is 5.91. The number of hydrogen-bond donors (Lipinski definition) is 0. The van der Waals surface area contributed by atoms with Crippen LogP contribution in [-0.2, 0) is 9.47 Å². The second-order valence-corrected chi connectivity index (χ2v) is 12.4. The van der Waals surface area contributed by atoms with E-state index in [4.69, 9.17) is 14.6 Å². The third-order valence-electron chi connectivity index (χ3n) is 8.68. The van der Waals surface area contributed by atoms with E-state index in [2.05, 4.69) is 27.5 Å². The van der Waals surface area contributed by atoms with Crippen molar-refractivity contribution in [1.29, 1.82) is 0 Å². The summed E-state index contributed by atoms with van der Waals surface area (Å²) in [4.78, 5) is 19.4. The molecule has 1 amide bonds. The molecule has 0 N–H and O–H groups in total. The van der Waals surface area contributed by atoms with Gasteiger partial charge in [0.05, 0.1) is 30.8 Å². The Labute approximate surface area is 197 Å². The Morgan fingerprint density at radius 2 is 1.85 bits per heavy atom. The standard InChI is InChI=1S/C25H39N5O3/c1-18-10-21(29-9-8-27(20-13-32-14-20)17-25(29)6-5-7-25)26-30(18)19-11-24(12-19)15-28(16-24)22(31)33-23(2,3)4/h10,19-20H,5-9,11-17H2,1-4H3. The predicted octanol–water partition coefficient (Wildman–Crippen LogP) is 3.21. The van der Waals surface area contributed by atoms with Gasteiger partial charge >= 0.3 is 6.09 Å². The van der Waals surface area contributed by atoms with Gasteiger partial charge in [0.1, 0.15) is 5.60 Å². The lowest BCUT2D eigenvalue weighted by Crippen LogP contribution is -2.69. The van der Waals surface area contributed by atoms with Gasteiger partial charge in [0, 0.05) is 49.9 Å². The Balaban J connectivity index is 1.09. The summed E-state index contributed by atoms with van der Waals surface area (Å²) >= 11 is 0. The lowest BCUT2D eigenvalue weighted by molar-refractivity contribution is -0.0931. The van der Waals surface area contributed by atoms with E-state index in [9.17, 15) is 4.79 Å². The molecule has 2 spiro atoms. The molecule has 0 unspecified atom stereocenters. The summed E-state index contributed by atoms with van der Waals surface area (Å²) in [5.41, 5.74) is 1.37. The fraction of sp³-hybridized carbons (Fsp3) is 0.840. The number of aromatic nitrogens is 2. The summed E-state index contributed by atoms with van der Waals surface area (Å²) in [5, 5.41) is 5.16. The molecule has 0 atom stereocenters. The lowest BCUT2D eigenvalue weighted by Gasteiger charge is -2.59. The molecule has 33 heavy (non-hydrogen) atoms. The first kappa shape index (κ1) is 21.7. The van der Waals surface area contributed by atoms with Crippen LogP contribution in [0.2, 0.25) is 0 Å². The van der Waals surface area contributed by atoms with Gasteiger partial charge in [-0.15, -0.1) is 0 Å². The van der Waals surface area contributed by atoms with Crippen LogP contribution in [0.4, 0.5) is 10.6 Å². The van der Waals surface area contributed by atoms with Crippen molar-refractivity contribution < 1.29 is 14.3 Å². The smallest absolute Gasteiger partial charge is 0.410 e. The number of carbonyl (C=O) groups is 1. The minimum Gasteiger partial charge on any atom is -0.444 e. The molecule has 6 rings (SSSR count). The van der Waals surface area contributed by atoms with Gasteiger partial charge in [-0.2, -0.15) is 5.10 Å². The van der Waals surface area contributed by atoms with Crippen molar-refractivity contribution in [3.05, 3.63) is 11.8 Å². The zero-order valence-corrected chi connectivity index (χ0v) is 20.7. The van der Waals surface area contributed by atoms with E-state index in [1.165, 1.54) is 30.8 Å². The number of rotatable bonds is 3. The topological polar surface area (TPSA) is 63.1 Å². The Hall–Kier alpha value is -1.80. The van der Waals surface area contributed by atoms with Crippen LogP contribution in [-0.4, -0.2) is 88.8 Å². The molecule has 0 aromatic carbocycles. The quantitative estimate of drug-likeness (QED) is 0.695. The van der Waals surface area contributed by atoms with Crippen molar-refractivity contribution in [2.45, 2.75) is 83.0 Å². The summed E-state index contributed by atoms with van der Waals surface area (Å²) < 4.78 is 13.3. The maximum Gasteiger partial charge on any atom is 0.410 e. The van der Waals surface area contributed by atoms with Crippen molar-refractivity contribution in [2.24, 2.45) is 5.41 Å². The van der Waals surface area contributed by atoms with E-state index in [0.29, 0.717) is 12.1 Å². The summed E-state index contributed by atoms with van der Waals surface area (Å²) in [6, 6.07) is 3.38. The molecule has 1 aromatic heterocycles. The SMILES string of the molecule is Cc1cc(N2CCN(C3COC3)CC23CCC3)nn1C1CC2(C1)CN(C(=O)OC(C)(C)C)C2. The molecular formula is C25H39N5O3. The molecule has 8 heteroatoms. The third-order valence-corrected chi connectivity index (χ3v) is 8.68. The Morgan fingerprint density at radius 1 is 1.12 bits per heavy atom. The summed E-state index contributed by atoms with van der Waals surface area (Å²) in [6.45, 7) is 14.7. The maximum atomic E-state index is 12.3. The zero-order valence-electron chi connectivity index (χ0n) is 20.7. The van der Waals surface area contributed by atoms with Crippen molar-refractivity contribution >= 4 is 11.9 Å². The van der Waals surface area contributed by atoms with Gasteiger partial charge in [0.25, 0.3) is 0 Å². The first-order valence-electron chi connectivity index (χ1n) is 12.8. The molecule has 2 saturated carbocycles. The summed E-state index contributed by atoms with van der Waals surface area (Å²) in [5.74, 6) is 1.17. The first-order valence-corrected chi connectivity index (χ1v) is 12.8. The van der Waals surface area contributed by atoms with Crippen LogP contribution in [0.15, 0.2) is 6.07 Å². The van der Waals surface area contributed by atoms with E-state index >= 15 is 0 Å². The molecule has 182 valence electrons. The van der Waals surface area contributed by atoms with Crippen LogP contribution in [0.1, 0.15) is 64.6 Å². The molecule has 1 aromatic rings. The van der Waals surface area contributed by atoms with E-state index < -0.39 is 5.60 Å². The van der Waals surface area contributed by atoms with Crippen molar-refractivity contribution in [3.63, 3.8) is 0 Å². The Kier molecular flexibility index (Phi) is 4.83. The van der Waals surface area contributed by atoms with Crippen LogP contribution in [0.25, 0.3) is 0 Å². The average molecular weight is 458 g/mol. The molecule has 8 nitrogen and oxygen atoms in total. The minimum atomic E-state index is -0.431. The number of ether oxygens (including phenoxy) is 2. The molecule has 0 radical (unpaired) electrons. The molecule has 2 aliphatic carbocycles. The number of piperazine rings is 1. The highest BCUT2D eigenvalue weighted by Gasteiger charge is 2.56. The zero-order chi connectivity index (χ0) is 23.0. The molecular weight excluding hydrogens is 418 g/mol. The van der Waals surface area contributed by atoms with E-state index in [0.717, 1.165) is 58.8 Å². The highest BCUT2D eigenvalue weighted by Crippen LogP contribution is 2.54. The minimum absolute atomic E-state index is 0.174. The fourth-order valence-electron chi connectivity index (χ4n) is 6.69. The molecule has 3 saturated heterocycles. The Morgan fingerprint density at radius 3 is 2.42 bits per heavy atom. The fourth-order valence-corrected chi connectivity index (χ4v) is 6.69. The van der Waals surface area contributed by atoms with Gasteiger partial charge in [-0.1, -0.05) is 0 Å². The normalized spacial score (nSPS) is 27.2. The summed E-state index contributed by atoms with van der Waals surface area (Å²) in [7, 11) is 0. The van der Waals surface area contributed by atoms with E-state index in [1.807, 2.05) is 25.7 Å². The maximum absolute atomic E-state index is 12.3. The lowest BCUT2D eigenvalue weighted by atomic mass is 9.61. The molecule has 3 aliphatic heterocycles. The van der Waals surface area contributed by atoms with Gasteiger partial charge in [-0.25, -0.2) is 4.79 Å². The molecule has 0 bridgehead atoms. The predicted molar refractivity (Wildman–Crippen MR) is 126 cm³/mol. The number of carbonyl (C=O) groups excluding carboxylic acids is 1. The largest absolute Gasteiger partial charge is 0.444 e. The van der Waals surface area contributed by atoms with E-state index in [-0.39, 0.29) is 17.0 Å². The number of amides is 1. The average Bonchev–Trinajstić information content (AvgIpc) is 2.96. The number of hydrogen-bond acceptors (Lipinski definition) is 6. The monoisotopic (exact) mass is 457 g/mol. The van der Waals surface area contributed by atoms with Gasteiger partial charge < -0.3 is 19.3 Å². The number of anilines is 1. The number of nitrogens with zero attached hydrogens (tertiary/aromatic N) is 5. The van der Waals surface area contributed by atoms with Crippen LogP contribution in [0.3, 0.4) is 0 Å². The molecule has 5 aliphatic rings. The third kappa shape index (κ3) is 3.64. The highest BCUT2D eigenvalue weighted by molar-refractivity contribution is 5.69. The van der Waals surface area contributed by atoms with Gasteiger partial charge in [-0.05, 0) is 59.8 Å². The second-order valence-electron chi connectivity index (χ2n) is 12.4.